The summed E-state index contributed by atoms with van der Waals surface area (Å²) >= 11 is -0.232. The fourth-order valence-electron chi connectivity index (χ4n) is 3.95. The molecule has 2 aromatic carbocycles. The van der Waals surface area contributed by atoms with Crippen molar-refractivity contribution in [3.63, 3.8) is 0 Å². The Morgan fingerprint density at radius 3 is 2.24 bits per heavy atom. The van der Waals surface area contributed by atoms with Gasteiger partial charge in [0.2, 0.25) is 0 Å². The average Bonchev–Trinajstić information content (AvgIpc) is 3.27. The number of rotatable bonds is 4. The number of ether oxygens (including phenoxy) is 1. The number of halogens is 3. The molecule has 3 aromatic rings. The molecule has 0 saturated carbocycles. The largest absolute Gasteiger partial charge is 0.508 e. The van der Waals surface area contributed by atoms with Crippen LogP contribution >= 0.6 is 11.8 Å². The maximum Gasteiger partial charge on any atom is 0.446 e. The third-order valence-corrected chi connectivity index (χ3v) is 6.31. The molecule has 12 heteroatoms. The zero-order chi connectivity index (χ0) is 27.7. The van der Waals surface area contributed by atoms with Crippen LogP contribution in [0, 0.1) is 0 Å². The van der Waals surface area contributed by atoms with Crippen LogP contribution in [0.1, 0.15) is 31.3 Å². The fraction of sp³-hybridized carbons (Fsp3) is 0.346. The number of phenolic OH excluding ortho intramolecular Hbond substituents is 1. The summed E-state index contributed by atoms with van der Waals surface area (Å²) in [6, 6.07) is 13.6. The Kier molecular flexibility index (Phi) is 7.63. The molecule has 4 rings (SSSR count). The number of aromatic nitrogens is 2. The Morgan fingerprint density at radius 2 is 1.61 bits per heavy atom. The first kappa shape index (κ1) is 27.4. The van der Waals surface area contributed by atoms with E-state index in [1.165, 1.54) is 46.0 Å². The van der Waals surface area contributed by atoms with Crippen molar-refractivity contribution in [3.05, 3.63) is 60.3 Å². The number of benzene rings is 2. The maximum absolute atomic E-state index is 13.4. The predicted octanol–water partition coefficient (Wildman–Crippen LogP) is 5.55. The van der Waals surface area contributed by atoms with Gasteiger partial charge in [-0.2, -0.15) is 18.3 Å². The normalized spacial score (nSPS) is 14.5. The second-order valence-corrected chi connectivity index (χ2v) is 10.8. The molecule has 1 aromatic heterocycles. The minimum absolute atomic E-state index is 0.00944. The lowest BCUT2D eigenvalue weighted by Gasteiger charge is -2.35. The molecule has 2 heterocycles. The van der Waals surface area contributed by atoms with Gasteiger partial charge in [-0.3, -0.25) is 4.79 Å². The lowest BCUT2D eigenvalue weighted by atomic mass is 10.1. The van der Waals surface area contributed by atoms with Crippen molar-refractivity contribution >= 4 is 23.8 Å². The molecule has 38 heavy (non-hydrogen) atoms. The van der Waals surface area contributed by atoms with Gasteiger partial charge in [-0.1, -0.05) is 18.2 Å². The van der Waals surface area contributed by atoms with Gasteiger partial charge in [-0.05, 0) is 62.9 Å². The first-order valence-corrected chi connectivity index (χ1v) is 12.6. The molecule has 1 aliphatic rings. The number of amides is 2. The number of hydrogen-bond donors (Lipinski definition) is 1. The molecule has 2 amide bonds. The summed E-state index contributed by atoms with van der Waals surface area (Å²) in [6.45, 7) is 6.46. The van der Waals surface area contributed by atoms with Crippen LogP contribution in [0.5, 0.6) is 5.75 Å². The second kappa shape index (κ2) is 10.6. The quantitative estimate of drug-likeness (QED) is 0.430. The predicted molar refractivity (Wildman–Crippen MR) is 136 cm³/mol. The Labute approximate surface area is 222 Å². The van der Waals surface area contributed by atoms with Crippen molar-refractivity contribution < 1.29 is 32.6 Å². The molecule has 8 nitrogen and oxygen atoms in total. The van der Waals surface area contributed by atoms with E-state index in [2.05, 4.69) is 5.10 Å². The summed E-state index contributed by atoms with van der Waals surface area (Å²) in [5.74, 6) is -0.411. The van der Waals surface area contributed by atoms with Gasteiger partial charge in [0.1, 0.15) is 11.4 Å². The van der Waals surface area contributed by atoms with E-state index in [-0.39, 0.29) is 60.2 Å². The van der Waals surface area contributed by atoms with Gasteiger partial charge in [0.15, 0.2) is 5.69 Å². The number of aromatic hydroxyl groups is 1. The van der Waals surface area contributed by atoms with Crippen molar-refractivity contribution in [1.82, 2.24) is 19.6 Å². The summed E-state index contributed by atoms with van der Waals surface area (Å²) in [7, 11) is 0. The van der Waals surface area contributed by atoms with E-state index in [1.807, 2.05) is 0 Å². The van der Waals surface area contributed by atoms with Crippen molar-refractivity contribution in [2.45, 2.75) is 36.8 Å². The zero-order valence-electron chi connectivity index (χ0n) is 21.0. The van der Waals surface area contributed by atoms with Crippen molar-refractivity contribution in [2.24, 2.45) is 0 Å². The van der Waals surface area contributed by atoms with Gasteiger partial charge >= 0.3 is 11.6 Å². The highest BCUT2D eigenvalue weighted by molar-refractivity contribution is 8.00. The molecule has 0 aliphatic carbocycles. The van der Waals surface area contributed by atoms with Crippen LogP contribution in [0.3, 0.4) is 0 Å². The summed E-state index contributed by atoms with van der Waals surface area (Å²) in [4.78, 5) is 28.8. The van der Waals surface area contributed by atoms with Crippen LogP contribution in [0.25, 0.3) is 16.9 Å². The van der Waals surface area contributed by atoms with Crippen molar-refractivity contribution in [1.29, 1.82) is 0 Å². The van der Waals surface area contributed by atoms with Crippen molar-refractivity contribution in [3.8, 4) is 22.7 Å². The van der Waals surface area contributed by atoms with Gasteiger partial charge in [0.05, 0.1) is 11.4 Å². The van der Waals surface area contributed by atoms with E-state index in [0.29, 0.717) is 16.9 Å². The molecule has 1 saturated heterocycles. The molecule has 0 atom stereocenters. The van der Waals surface area contributed by atoms with E-state index < -0.39 is 17.2 Å². The van der Waals surface area contributed by atoms with Gasteiger partial charge in [-0.15, -0.1) is 0 Å². The molecule has 1 N–H and O–H groups in total. The highest BCUT2D eigenvalue weighted by atomic mass is 32.2. The smallest absolute Gasteiger partial charge is 0.446 e. The molecule has 202 valence electrons. The number of carbonyl (C=O) groups excluding carboxylic acids is 2. The number of hydrogen-bond acceptors (Lipinski definition) is 6. The third-order valence-electron chi connectivity index (χ3n) is 5.58. The lowest BCUT2D eigenvalue weighted by Crippen LogP contribution is -2.51. The van der Waals surface area contributed by atoms with Gasteiger partial charge in [-0.25, -0.2) is 9.48 Å². The number of piperazine rings is 1. The molecule has 0 bridgehead atoms. The summed E-state index contributed by atoms with van der Waals surface area (Å²) in [5.41, 5.74) is -3.76. The Balaban J connectivity index is 1.61. The van der Waals surface area contributed by atoms with Gasteiger partial charge < -0.3 is 19.6 Å². The lowest BCUT2D eigenvalue weighted by molar-refractivity contribution is -0.0328. The molecular weight excluding hydrogens is 521 g/mol. The molecule has 0 radical (unpaired) electrons. The van der Waals surface area contributed by atoms with E-state index >= 15 is 0 Å². The highest BCUT2D eigenvalue weighted by Crippen LogP contribution is 2.38. The van der Waals surface area contributed by atoms with E-state index in [9.17, 15) is 27.9 Å². The average molecular weight is 549 g/mol. The molecule has 0 spiro atoms. The van der Waals surface area contributed by atoms with E-state index in [1.54, 1.807) is 43.9 Å². The Hall–Kier alpha value is -3.67. The topological polar surface area (TPSA) is 87.9 Å². The van der Waals surface area contributed by atoms with Crippen LogP contribution < -0.4 is 0 Å². The van der Waals surface area contributed by atoms with Gasteiger partial charge in [0.25, 0.3) is 5.91 Å². The standard InChI is InChI=1S/C26H27F3N4O4S/c1-25(2,3)37-24(36)32-12-10-31(11-13-32)23(35)21-16-22(33(30-21)18-7-5-8-19(34)15-18)17-6-4-9-20(14-17)38-26(27,28)29/h4-9,14-16,34H,10-13H2,1-3H3. The summed E-state index contributed by atoms with van der Waals surface area (Å²) in [5, 5.41) is 14.4. The fourth-order valence-corrected chi connectivity index (χ4v) is 4.55. The number of alkyl halides is 3. The minimum atomic E-state index is -4.45. The van der Waals surface area contributed by atoms with E-state index in [0.717, 1.165) is 0 Å². The minimum Gasteiger partial charge on any atom is -0.508 e. The van der Waals surface area contributed by atoms with Crippen LogP contribution in [0.15, 0.2) is 59.5 Å². The number of thioether (sulfide) groups is 1. The SMILES string of the molecule is CC(C)(C)OC(=O)N1CCN(C(=O)c2cc(-c3cccc(SC(F)(F)F)c3)n(-c3cccc(O)c3)n2)CC1. The van der Waals surface area contributed by atoms with Crippen LogP contribution in [-0.2, 0) is 4.74 Å². The molecule has 0 unspecified atom stereocenters. The third kappa shape index (κ3) is 6.80. The van der Waals surface area contributed by atoms with Gasteiger partial charge in [0, 0.05) is 42.7 Å². The molecular formula is C26H27F3N4O4S. The zero-order valence-corrected chi connectivity index (χ0v) is 21.8. The van der Waals surface area contributed by atoms with Crippen LogP contribution in [0.4, 0.5) is 18.0 Å². The van der Waals surface area contributed by atoms with Crippen molar-refractivity contribution in [2.75, 3.05) is 26.2 Å². The first-order valence-electron chi connectivity index (χ1n) is 11.8. The van der Waals surface area contributed by atoms with Crippen LogP contribution in [-0.4, -0.2) is 74.0 Å². The number of phenols is 1. The Bertz CT molecular complexity index is 1330. The summed E-state index contributed by atoms with van der Waals surface area (Å²) < 4.78 is 45.7. The summed E-state index contributed by atoms with van der Waals surface area (Å²) in [6.07, 6.45) is -0.448. The Morgan fingerprint density at radius 1 is 0.947 bits per heavy atom. The maximum atomic E-state index is 13.4. The highest BCUT2D eigenvalue weighted by Gasteiger charge is 2.31. The van der Waals surface area contributed by atoms with E-state index in [4.69, 9.17) is 4.74 Å². The first-order chi connectivity index (χ1) is 17.8. The second-order valence-electron chi connectivity index (χ2n) is 9.68. The monoisotopic (exact) mass is 548 g/mol. The molecule has 1 aliphatic heterocycles. The van der Waals surface area contributed by atoms with Crippen LogP contribution in [0.2, 0.25) is 0 Å². The number of carbonyl (C=O) groups is 2. The number of nitrogens with zero attached hydrogens (tertiary/aromatic N) is 4. The molecule has 1 fully saturated rings.